The molecular formula is C14H20N2O. The molecule has 0 radical (unpaired) electrons. The van der Waals surface area contributed by atoms with Crippen LogP contribution in [0.15, 0.2) is 24.3 Å². The maximum absolute atomic E-state index is 11.1. The van der Waals surface area contributed by atoms with Gasteiger partial charge in [-0.2, -0.15) is 0 Å². The van der Waals surface area contributed by atoms with E-state index in [1.54, 1.807) is 0 Å². The number of benzene rings is 1. The van der Waals surface area contributed by atoms with Crippen molar-refractivity contribution in [3.05, 3.63) is 29.8 Å². The van der Waals surface area contributed by atoms with Crippen LogP contribution in [0.4, 0.5) is 5.69 Å². The van der Waals surface area contributed by atoms with E-state index in [0.717, 1.165) is 18.5 Å². The maximum atomic E-state index is 11.1. The van der Waals surface area contributed by atoms with Gasteiger partial charge in [0.05, 0.1) is 0 Å². The molecule has 1 amide bonds. The number of hydrogen-bond acceptors (Lipinski definition) is 2. The van der Waals surface area contributed by atoms with Gasteiger partial charge in [0.15, 0.2) is 0 Å². The third kappa shape index (κ3) is 2.20. The number of nitrogens with two attached hydrogens (primary N) is 1. The Morgan fingerprint density at radius 1 is 1.41 bits per heavy atom. The summed E-state index contributed by atoms with van der Waals surface area (Å²) in [6.07, 6.45) is 2.25. The van der Waals surface area contributed by atoms with Crippen LogP contribution < -0.4 is 11.1 Å². The lowest BCUT2D eigenvalue weighted by atomic mass is 9.79. The van der Waals surface area contributed by atoms with Crippen LogP contribution in [-0.2, 0) is 10.2 Å². The molecule has 92 valence electrons. The number of hydrogen-bond donors (Lipinski definition) is 2. The smallest absolute Gasteiger partial charge is 0.221 e. The largest absolute Gasteiger partial charge is 0.326 e. The number of amides is 1. The summed E-state index contributed by atoms with van der Waals surface area (Å²) in [6.45, 7) is 5.67. The quantitative estimate of drug-likeness (QED) is 0.841. The molecule has 0 bridgehead atoms. The van der Waals surface area contributed by atoms with Crippen LogP contribution in [0.3, 0.4) is 0 Å². The molecule has 1 saturated carbocycles. The minimum Gasteiger partial charge on any atom is -0.326 e. The van der Waals surface area contributed by atoms with Crippen LogP contribution in [0.5, 0.6) is 0 Å². The van der Waals surface area contributed by atoms with E-state index in [9.17, 15) is 4.79 Å². The summed E-state index contributed by atoms with van der Waals surface area (Å²) in [4.78, 5) is 11.1. The fraction of sp³-hybridized carbons (Fsp3) is 0.500. The first-order valence-corrected chi connectivity index (χ1v) is 6.02. The van der Waals surface area contributed by atoms with Crippen molar-refractivity contribution in [1.82, 2.24) is 0 Å². The minimum atomic E-state index is -0.220. The number of carbonyl (C=O) groups is 1. The standard InChI is InChI=1S/C14H20N2O/c1-10(17)16-12-6-4-5-11(9-12)14(7-8-14)13(2,3)15/h4-6,9H,7-8,15H2,1-3H3,(H,16,17). The SMILES string of the molecule is CC(=O)Nc1cccc(C2(C(C)(C)N)CC2)c1. The third-order valence-electron chi connectivity index (χ3n) is 3.72. The van der Waals surface area contributed by atoms with Gasteiger partial charge >= 0.3 is 0 Å². The zero-order chi connectivity index (χ0) is 12.7. The van der Waals surface area contributed by atoms with Gasteiger partial charge < -0.3 is 11.1 Å². The summed E-state index contributed by atoms with van der Waals surface area (Å²) >= 11 is 0. The molecule has 1 aromatic rings. The highest BCUT2D eigenvalue weighted by Crippen LogP contribution is 2.54. The van der Waals surface area contributed by atoms with E-state index in [-0.39, 0.29) is 16.9 Å². The predicted molar refractivity (Wildman–Crippen MR) is 69.9 cm³/mol. The minimum absolute atomic E-state index is 0.0426. The van der Waals surface area contributed by atoms with Gasteiger partial charge in [0, 0.05) is 23.6 Å². The topological polar surface area (TPSA) is 55.1 Å². The molecule has 0 spiro atoms. The van der Waals surface area contributed by atoms with Crippen molar-refractivity contribution in [3.8, 4) is 0 Å². The first-order valence-electron chi connectivity index (χ1n) is 6.02. The molecule has 0 heterocycles. The molecule has 0 saturated heterocycles. The van der Waals surface area contributed by atoms with Crippen LogP contribution in [-0.4, -0.2) is 11.4 Å². The summed E-state index contributed by atoms with van der Waals surface area (Å²) in [7, 11) is 0. The maximum Gasteiger partial charge on any atom is 0.221 e. The first kappa shape index (κ1) is 12.1. The number of anilines is 1. The fourth-order valence-electron chi connectivity index (χ4n) is 2.53. The van der Waals surface area contributed by atoms with Gasteiger partial charge in [-0.3, -0.25) is 4.79 Å². The Morgan fingerprint density at radius 3 is 2.53 bits per heavy atom. The molecule has 3 heteroatoms. The molecule has 0 aromatic heterocycles. The first-order chi connectivity index (χ1) is 7.85. The van der Waals surface area contributed by atoms with Crippen molar-refractivity contribution < 1.29 is 4.79 Å². The van der Waals surface area contributed by atoms with Gasteiger partial charge in [0.1, 0.15) is 0 Å². The molecule has 2 rings (SSSR count). The second-order valence-corrected chi connectivity index (χ2v) is 5.57. The van der Waals surface area contributed by atoms with Gasteiger partial charge in [-0.25, -0.2) is 0 Å². The van der Waals surface area contributed by atoms with Crippen LogP contribution >= 0.6 is 0 Å². The van der Waals surface area contributed by atoms with Gasteiger partial charge in [-0.15, -0.1) is 0 Å². The van der Waals surface area contributed by atoms with Crippen LogP contribution in [0, 0.1) is 0 Å². The highest BCUT2D eigenvalue weighted by atomic mass is 16.1. The van der Waals surface area contributed by atoms with Crippen molar-refractivity contribution in [2.45, 2.75) is 44.6 Å². The molecular weight excluding hydrogens is 212 g/mol. The Labute approximate surface area is 102 Å². The Bertz CT molecular complexity index is 442. The molecule has 1 aliphatic carbocycles. The molecule has 1 fully saturated rings. The average Bonchev–Trinajstić information content (AvgIpc) is 2.96. The summed E-state index contributed by atoms with van der Waals surface area (Å²) in [6, 6.07) is 8.03. The van der Waals surface area contributed by atoms with Gasteiger partial charge in [-0.1, -0.05) is 12.1 Å². The van der Waals surface area contributed by atoms with Crippen molar-refractivity contribution in [2.75, 3.05) is 5.32 Å². The average molecular weight is 232 g/mol. The van der Waals surface area contributed by atoms with E-state index in [1.807, 2.05) is 18.2 Å². The molecule has 1 aromatic carbocycles. The van der Waals surface area contributed by atoms with E-state index >= 15 is 0 Å². The third-order valence-corrected chi connectivity index (χ3v) is 3.72. The second kappa shape index (κ2) is 3.84. The normalized spacial score (nSPS) is 17.6. The van der Waals surface area contributed by atoms with E-state index in [0.29, 0.717) is 0 Å². The van der Waals surface area contributed by atoms with Crippen molar-refractivity contribution in [3.63, 3.8) is 0 Å². The van der Waals surface area contributed by atoms with E-state index in [2.05, 4.69) is 25.2 Å². The molecule has 17 heavy (non-hydrogen) atoms. The zero-order valence-corrected chi connectivity index (χ0v) is 10.7. The molecule has 1 aliphatic rings. The van der Waals surface area contributed by atoms with E-state index in [4.69, 9.17) is 5.73 Å². The van der Waals surface area contributed by atoms with Gasteiger partial charge in [-0.05, 0) is 44.4 Å². The Kier molecular flexibility index (Phi) is 2.74. The van der Waals surface area contributed by atoms with Crippen molar-refractivity contribution in [1.29, 1.82) is 0 Å². The second-order valence-electron chi connectivity index (χ2n) is 5.57. The molecule has 3 N–H and O–H groups in total. The number of carbonyl (C=O) groups excluding carboxylic acids is 1. The summed E-state index contributed by atoms with van der Waals surface area (Å²) in [5.41, 5.74) is 8.22. The molecule has 0 unspecified atom stereocenters. The Balaban J connectivity index is 2.31. The molecule has 3 nitrogen and oxygen atoms in total. The summed E-state index contributed by atoms with van der Waals surface area (Å²) < 4.78 is 0. The highest BCUT2D eigenvalue weighted by Gasteiger charge is 2.53. The summed E-state index contributed by atoms with van der Waals surface area (Å²) in [5.74, 6) is -0.0426. The van der Waals surface area contributed by atoms with E-state index in [1.165, 1.54) is 12.5 Å². The van der Waals surface area contributed by atoms with Crippen molar-refractivity contribution in [2.24, 2.45) is 5.73 Å². The van der Waals surface area contributed by atoms with Crippen LogP contribution in [0.25, 0.3) is 0 Å². The lowest BCUT2D eigenvalue weighted by Gasteiger charge is -2.31. The number of nitrogens with one attached hydrogen (secondary N) is 1. The van der Waals surface area contributed by atoms with Crippen LogP contribution in [0.2, 0.25) is 0 Å². The molecule has 0 aliphatic heterocycles. The van der Waals surface area contributed by atoms with E-state index < -0.39 is 0 Å². The van der Waals surface area contributed by atoms with Crippen molar-refractivity contribution >= 4 is 11.6 Å². The lowest BCUT2D eigenvalue weighted by Crippen LogP contribution is -2.45. The predicted octanol–water partition coefficient (Wildman–Crippen LogP) is 2.41. The highest BCUT2D eigenvalue weighted by molar-refractivity contribution is 5.88. The van der Waals surface area contributed by atoms with Gasteiger partial charge in [0.25, 0.3) is 0 Å². The fourth-order valence-corrected chi connectivity index (χ4v) is 2.53. The summed E-state index contributed by atoms with van der Waals surface area (Å²) in [5, 5.41) is 2.82. The monoisotopic (exact) mass is 232 g/mol. The van der Waals surface area contributed by atoms with Gasteiger partial charge in [0.2, 0.25) is 5.91 Å². The van der Waals surface area contributed by atoms with Crippen LogP contribution in [0.1, 0.15) is 39.2 Å². The number of rotatable bonds is 3. The molecule has 0 atom stereocenters. The zero-order valence-electron chi connectivity index (χ0n) is 10.7. The lowest BCUT2D eigenvalue weighted by molar-refractivity contribution is -0.114. The Hall–Kier alpha value is -1.35. The Morgan fingerprint density at radius 2 is 2.06 bits per heavy atom.